The van der Waals surface area contributed by atoms with Gasteiger partial charge in [0.2, 0.25) is 0 Å². The molecule has 0 saturated heterocycles. The lowest BCUT2D eigenvalue weighted by Crippen LogP contribution is -1.95. The van der Waals surface area contributed by atoms with Gasteiger partial charge in [0.25, 0.3) is 6.47 Å². The van der Waals surface area contributed by atoms with Crippen LogP contribution in [0.5, 0.6) is 0 Å². The minimum absolute atomic E-state index is 0.115. The van der Waals surface area contributed by atoms with Crippen LogP contribution >= 0.6 is 0 Å². The van der Waals surface area contributed by atoms with Crippen LogP contribution in [0.2, 0.25) is 0 Å². The summed E-state index contributed by atoms with van der Waals surface area (Å²) in [6.07, 6.45) is 2.30. The van der Waals surface area contributed by atoms with E-state index in [-0.39, 0.29) is 13.0 Å². The van der Waals surface area contributed by atoms with E-state index >= 15 is 0 Å². The highest BCUT2D eigenvalue weighted by Crippen LogP contribution is 2.02. The fourth-order valence-electron chi connectivity index (χ4n) is 0.636. The summed E-state index contributed by atoms with van der Waals surface area (Å²) in [5.41, 5.74) is 0.916. The Morgan fingerprint density at radius 2 is 2.17 bits per heavy atom. The van der Waals surface area contributed by atoms with E-state index in [9.17, 15) is 9.59 Å². The number of carboxylic acid groups (broad SMARTS) is 1. The average molecular weight is 172 g/mol. The van der Waals surface area contributed by atoms with Crippen molar-refractivity contribution in [2.75, 3.05) is 6.61 Å². The molecular weight excluding hydrogens is 160 g/mol. The number of carboxylic acids is 1. The van der Waals surface area contributed by atoms with Gasteiger partial charge in [-0.15, -0.1) is 0 Å². The number of aliphatic carboxylic acids is 1. The summed E-state index contributed by atoms with van der Waals surface area (Å²) in [5, 5.41) is 8.32. The molecule has 0 fully saturated rings. The molecule has 4 heteroatoms. The lowest BCUT2D eigenvalue weighted by molar-refractivity contribution is -0.137. The van der Waals surface area contributed by atoms with Crippen LogP contribution in [0.15, 0.2) is 11.6 Å². The van der Waals surface area contributed by atoms with E-state index in [1.54, 1.807) is 13.0 Å². The second kappa shape index (κ2) is 6.39. The average Bonchev–Trinajstić information content (AvgIpc) is 2.01. The number of hydrogen-bond donors (Lipinski definition) is 1. The van der Waals surface area contributed by atoms with Crippen molar-refractivity contribution < 1.29 is 19.4 Å². The SMILES string of the molecule is C/C(=C/COC=O)CCC(=O)O. The zero-order valence-electron chi connectivity index (χ0n) is 6.95. The Labute approximate surface area is 70.8 Å². The molecule has 0 aliphatic heterocycles. The Morgan fingerprint density at radius 1 is 1.50 bits per heavy atom. The van der Waals surface area contributed by atoms with Crippen LogP contribution in [0.4, 0.5) is 0 Å². The standard InChI is InChI=1S/C8H12O4/c1-7(2-3-8(10)11)4-5-12-6-9/h4,6H,2-3,5H2,1H3,(H,10,11)/b7-4-. The molecule has 0 aromatic heterocycles. The van der Waals surface area contributed by atoms with Crippen LogP contribution in [0, 0.1) is 0 Å². The third-order valence-electron chi connectivity index (χ3n) is 1.33. The molecule has 1 N–H and O–H groups in total. The summed E-state index contributed by atoms with van der Waals surface area (Å²) < 4.78 is 4.41. The maximum Gasteiger partial charge on any atom is 0.303 e. The number of carbonyl (C=O) groups is 2. The zero-order valence-corrected chi connectivity index (χ0v) is 6.95. The van der Waals surface area contributed by atoms with Crippen molar-refractivity contribution in [1.29, 1.82) is 0 Å². The minimum Gasteiger partial charge on any atom is -0.481 e. The first-order chi connectivity index (χ1) is 5.66. The number of carbonyl (C=O) groups excluding carboxylic acids is 1. The molecule has 0 aliphatic rings. The summed E-state index contributed by atoms with van der Waals surface area (Å²) >= 11 is 0. The second-order valence-corrected chi connectivity index (χ2v) is 2.37. The Hall–Kier alpha value is -1.32. The van der Waals surface area contributed by atoms with Gasteiger partial charge in [0.1, 0.15) is 6.61 Å². The quantitative estimate of drug-likeness (QED) is 0.368. The summed E-state index contributed by atoms with van der Waals surface area (Å²) in [7, 11) is 0. The monoisotopic (exact) mass is 172 g/mol. The van der Waals surface area contributed by atoms with Gasteiger partial charge < -0.3 is 9.84 Å². The molecular formula is C8H12O4. The highest BCUT2D eigenvalue weighted by atomic mass is 16.5. The van der Waals surface area contributed by atoms with Gasteiger partial charge in [0.15, 0.2) is 0 Å². The van der Waals surface area contributed by atoms with Gasteiger partial charge in [0.05, 0.1) is 0 Å². The van der Waals surface area contributed by atoms with Gasteiger partial charge in [-0.05, 0) is 19.4 Å². The van der Waals surface area contributed by atoms with Crippen molar-refractivity contribution in [3.05, 3.63) is 11.6 Å². The third kappa shape index (κ3) is 6.80. The van der Waals surface area contributed by atoms with Crippen molar-refractivity contribution in [3.63, 3.8) is 0 Å². The van der Waals surface area contributed by atoms with E-state index < -0.39 is 5.97 Å². The topological polar surface area (TPSA) is 63.6 Å². The van der Waals surface area contributed by atoms with Crippen molar-refractivity contribution >= 4 is 12.4 Å². The van der Waals surface area contributed by atoms with E-state index in [0.29, 0.717) is 12.9 Å². The summed E-state index contributed by atoms with van der Waals surface area (Å²) in [6.45, 7) is 2.38. The van der Waals surface area contributed by atoms with Gasteiger partial charge >= 0.3 is 5.97 Å². The van der Waals surface area contributed by atoms with Crippen molar-refractivity contribution in [2.24, 2.45) is 0 Å². The van der Waals surface area contributed by atoms with Crippen LogP contribution < -0.4 is 0 Å². The molecule has 0 aliphatic carbocycles. The minimum atomic E-state index is -0.820. The molecule has 0 bridgehead atoms. The third-order valence-corrected chi connectivity index (χ3v) is 1.33. The van der Waals surface area contributed by atoms with E-state index in [1.807, 2.05) is 0 Å². The molecule has 0 amide bonds. The van der Waals surface area contributed by atoms with Gasteiger partial charge in [-0.3, -0.25) is 9.59 Å². The summed E-state index contributed by atoms with van der Waals surface area (Å²) in [6, 6.07) is 0. The normalized spacial score (nSPS) is 10.9. The van der Waals surface area contributed by atoms with E-state index in [2.05, 4.69) is 4.74 Å². The Bertz CT molecular complexity index is 183. The van der Waals surface area contributed by atoms with Crippen molar-refractivity contribution in [3.8, 4) is 0 Å². The summed E-state index contributed by atoms with van der Waals surface area (Å²) in [4.78, 5) is 19.8. The van der Waals surface area contributed by atoms with E-state index in [4.69, 9.17) is 5.11 Å². The molecule has 68 valence electrons. The molecule has 0 radical (unpaired) electrons. The van der Waals surface area contributed by atoms with Crippen LogP contribution in [0.3, 0.4) is 0 Å². The largest absolute Gasteiger partial charge is 0.481 e. The highest BCUT2D eigenvalue weighted by Gasteiger charge is 1.96. The van der Waals surface area contributed by atoms with Crippen molar-refractivity contribution in [1.82, 2.24) is 0 Å². The summed E-state index contributed by atoms with van der Waals surface area (Å²) in [5.74, 6) is -0.820. The van der Waals surface area contributed by atoms with Crippen LogP contribution in [-0.2, 0) is 14.3 Å². The predicted octanol–water partition coefficient (Wildman–Crippen LogP) is 0.970. The van der Waals surface area contributed by atoms with Crippen LogP contribution in [0.1, 0.15) is 19.8 Å². The first-order valence-electron chi connectivity index (χ1n) is 3.59. The number of allylic oxidation sites excluding steroid dienone is 1. The van der Waals surface area contributed by atoms with Crippen molar-refractivity contribution in [2.45, 2.75) is 19.8 Å². The Balaban J connectivity index is 3.55. The molecule has 0 aromatic carbocycles. The second-order valence-electron chi connectivity index (χ2n) is 2.37. The van der Waals surface area contributed by atoms with Crippen LogP contribution in [0.25, 0.3) is 0 Å². The zero-order chi connectivity index (χ0) is 9.40. The molecule has 0 unspecified atom stereocenters. The van der Waals surface area contributed by atoms with E-state index in [0.717, 1.165) is 5.57 Å². The molecule has 12 heavy (non-hydrogen) atoms. The number of hydrogen-bond acceptors (Lipinski definition) is 3. The highest BCUT2D eigenvalue weighted by molar-refractivity contribution is 5.66. The van der Waals surface area contributed by atoms with Crippen LogP contribution in [-0.4, -0.2) is 24.2 Å². The van der Waals surface area contributed by atoms with Gasteiger partial charge in [-0.2, -0.15) is 0 Å². The molecule has 0 aromatic rings. The Morgan fingerprint density at radius 3 is 2.67 bits per heavy atom. The maximum absolute atomic E-state index is 10.1. The smallest absolute Gasteiger partial charge is 0.303 e. The molecule has 0 heterocycles. The predicted molar refractivity (Wildman–Crippen MR) is 42.6 cm³/mol. The van der Waals surface area contributed by atoms with Gasteiger partial charge in [-0.1, -0.05) is 5.57 Å². The number of rotatable bonds is 6. The Kier molecular flexibility index (Phi) is 5.69. The van der Waals surface area contributed by atoms with E-state index in [1.165, 1.54) is 0 Å². The first kappa shape index (κ1) is 10.7. The van der Waals surface area contributed by atoms with Gasteiger partial charge in [-0.25, -0.2) is 0 Å². The first-order valence-corrected chi connectivity index (χ1v) is 3.59. The van der Waals surface area contributed by atoms with Gasteiger partial charge in [0, 0.05) is 6.42 Å². The number of ether oxygens (including phenoxy) is 1. The maximum atomic E-state index is 10.1. The molecule has 0 atom stereocenters. The lowest BCUT2D eigenvalue weighted by Gasteiger charge is -1.97. The molecule has 0 spiro atoms. The molecule has 0 saturated carbocycles. The fourth-order valence-corrected chi connectivity index (χ4v) is 0.636. The lowest BCUT2D eigenvalue weighted by atomic mass is 10.1. The molecule has 4 nitrogen and oxygen atoms in total. The fraction of sp³-hybridized carbons (Fsp3) is 0.500. The molecule has 0 rings (SSSR count).